The van der Waals surface area contributed by atoms with E-state index >= 15 is 0 Å². The maximum Gasteiger partial charge on any atom is 0.308 e. The Morgan fingerprint density at radius 2 is 2.05 bits per heavy atom. The van der Waals surface area contributed by atoms with E-state index in [0.717, 1.165) is 19.3 Å². The van der Waals surface area contributed by atoms with E-state index in [1.165, 1.54) is 4.90 Å². The number of carboxylic acid groups (broad SMARTS) is 1. The van der Waals surface area contributed by atoms with Gasteiger partial charge in [-0.05, 0) is 12.8 Å². The minimum atomic E-state index is -0.925. The summed E-state index contributed by atoms with van der Waals surface area (Å²) in [5.41, 5.74) is 0. The first-order valence-electron chi connectivity index (χ1n) is 6.66. The van der Waals surface area contributed by atoms with Crippen LogP contribution >= 0.6 is 0 Å². The number of carboxylic acids is 1. The fourth-order valence-corrected chi connectivity index (χ4v) is 2.08. The highest BCUT2D eigenvalue weighted by molar-refractivity contribution is 5.85. The summed E-state index contributed by atoms with van der Waals surface area (Å²) >= 11 is 0. The largest absolute Gasteiger partial charge is 0.481 e. The normalized spacial score (nSPS) is 17.8. The maximum atomic E-state index is 12.0. The Labute approximate surface area is 113 Å². The lowest BCUT2D eigenvalue weighted by atomic mass is 10.2. The number of hydrogen-bond acceptors (Lipinski definition) is 3. The predicted octanol–water partition coefficient (Wildman–Crippen LogP) is 0.568. The number of nitrogens with zero attached hydrogens (tertiary/aromatic N) is 2. The third-order valence-electron chi connectivity index (χ3n) is 3.39. The Morgan fingerprint density at radius 1 is 1.37 bits per heavy atom. The molecule has 0 radical (unpaired) electrons. The van der Waals surface area contributed by atoms with Gasteiger partial charge < -0.3 is 14.9 Å². The van der Waals surface area contributed by atoms with Gasteiger partial charge >= 0.3 is 5.97 Å². The van der Waals surface area contributed by atoms with Crippen LogP contribution in [0.15, 0.2) is 0 Å². The van der Waals surface area contributed by atoms with E-state index in [4.69, 9.17) is 5.11 Å². The lowest BCUT2D eigenvalue weighted by Crippen LogP contribution is -2.43. The summed E-state index contributed by atoms with van der Waals surface area (Å²) in [5, 5.41) is 8.81. The molecule has 1 rings (SSSR count). The van der Waals surface area contributed by atoms with E-state index in [1.807, 2.05) is 0 Å². The molecule has 0 aliphatic carbocycles. The van der Waals surface area contributed by atoms with Crippen molar-refractivity contribution in [1.29, 1.82) is 0 Å². The van der Waals surface area contributed by atoms with Crippen molar-refractivity contribution in [3.63, 3.8) is 0 Å². The Bertz CT molecular complexity index is 357. The van der Waals surface area contributed by atoms with Gasteiger partial charge in [0.2, 0.25) is 11.8 Å². The van der Waals surface area contributed by atoms with Gasteiger partial charge in [-0.3, -0.25) is 14.4 Å². The van der Waals surface area contributed by atoms with Crippen LogP contribution in [0.4, 0.5) is 0 Å². The summed E-state index contributed by atoms with van der Waals surface area (Å²) in [5.74, 6) is -1.71. The lowest BCUT2D eigenvalue weighted by molar-refractivity contribution is -0.144. The Hall–Kier alpha value is -1.59. The van der Waals surface area contributed by atoms with Gasteiger partial charge in [0.25, 0.3) is 0 Å². The number of aliphatic carboxylic acids is 1. The molecule has 1 atom stereocenters. The highest BCUT2D eigenvalue weighted by Crippen LogP contribution is 2.11. The zero-order valence-electron chi connectivity index (χ0n) is 11.6. The Morgan fingerprint density at radius 3 is 2.68 bits per heavy atom. The van der Waals surface area contributed by atoms with Crippen molar-refractivity contribution in [2.24, 2.45) is 5.92 Å². The second-order valence-corrected chi connectivity index (χ2v) is 5.14. The smallest absolute Gasteiger partial charge is 0.308 e. The summed E-state index contributed by atoms with van der Waals surface area (Å²) in [7, 11) is 1.57. The van der Waals surface area contributed by atoms with Crippen LogP contribution in [0.2, 0.25) is 0 Å². The van der Waals surface area contributed by atoms with Gasteiger partial charge in [0.1, 0.15) is 0 Å². The SMILES string of the molecule is CC(CN(C)C(=O)CN1CCCCCC1=O)C(=O)O. The first kappa shape index (κ1) is 15.5. The number of rotatable bonds is 5. The molecule has 19 heavy (non-hydrogen) atoms. The van der Waals surface area contributed by atoms with Gasteiger partial charge in [-0.1, -0.05) is 13.3 Å². The van der Waals surface area contributed by atoms with Crippen LogP contribution in [0.25, 0.3) is 0 Å². The second kappa shape index (κ2) is 7.11. The highest BCUT2D eigenvalue weighted by atomic mass is 16.4. The summed E-state index contributed by atoms with van der Waals surface area (Å²) in [6.07, 6.45) is 3.33. The van der Waals surface area contributed by atoms with Crippen molar-refractivity contribution >= 4 is 17.8 Å². The van der Waals surface area contributed by atoms with Crippen LogP contribution in [0.3, 0.4) is 0 Å². The first-order valence-corrected chi connectivity index (χ1v) is 6.66. The molecule has 1 N–H and O–H groups in total. The predicted molar refractivity (Wildman–Crippen MR) is 69.5 cm³/mol. The third kappa shape index (κ3) is 4.89. The molecule has 0 saturated carbocycles. The van der Waals surface area contributed by atoms with Gasteiger partial charge in [-0.25, -0.2) is 0 Å². The maximum absolute atomic E-state index is 12.0. The standard InChI is InChI=1S/C13H22N2O4/c1-10(13(18)19)8-14(2)12(17)9-15-7-5-3-4-6-11(15)16/h10H,3-9H2,1-2H3,(H,18,19). The molecule has 1 fully saturated rings. The van der Waals surface area contributed by atoms with Gasteiger partial charge in [0.15, 0.2) is 0 Å². The second-order valence-electron chi connectivity index (χ2n) is 5.14. The summed E-state index contributed by atoms with van der Waals surface area (Å²) < 4.78 is 0. The molecule has 1 aliphatic rings. The molecular weight excluding hydrogens is 248 g/mol. The van der Waals surface area contributed by atoms with Crippen molar-refractivity contribution in [2.45, 2.75) is 32.6 Å². The number of carbonyl (C=O) groups is 3. The van der Waals surface area contributed by atoms with E-state index in [2.05, 4.69) is 0 Å². The van der Waals surface area contributed by atoms with Crippen molar-refractivity contribution in [3.05, 3.63) is 0 Å². The van der Waals surface area contributed by atoms with Crippen LogP contribution in [0, 0.1) is 5.92 Å². The molecule has 0 bridgehead atoms. The topological polar surface area (TPSA) is 77.9 Å². The number of likely N-dealkylation sites (tertiary alicyclic amines) is 1. The highest BCUT2D eigenvalue weighted by Gasteiger charge is 2.22. The van der Waals surface area contributed by atoms with E-state index < -0.39 is 11.9 Å². The molecule has 1 unspecified atom stereocenters. The average Bonchev–Trinajstić information content (AvgIpc) is 2.54. The molecule has 0 aromatic heterocycles. The van der Waals surface area contributed by atoms with E-state index in [-0.39, 0.29) is 24.9 Å². The van der Waals surface area contributed by atoms with Crippen LogP contribution in [-0.4, -0.2) is 59.4 Å². The van der Waals surface area contributed by atoms with E-state index in [1.54, 1.807) is 18.9 Å². The molecule has 0 aromatic rings. The molecule has 2 amide bonds. The molecule has 108 valence electrons. The van der Waals surface area contributed by atoms with Crippen LogP contribution in [-0.2, 0) is 14.4 Å². The molecule has 1 saturated heterocycles. The van der Waals surface area contributed by atoms with Gasteiger partial charge in [-0.15, -0.1) is 0 Å². The molecular formula is C13H22N2O4. The molecule has 0 aromatic carbocycles. The van der Waals surface area contributed by atoms with E-state index in [9.17, 15) is 14.4 Å². The zero-order chi connectivity index (χ0) is 14.4. The minimum absolute atomic E-state index is 0.0190. The van der Waals surface area contributed by atoms with Crippen molar-refractivity contribution in [2.75, 3.05) is 26.7 Å². The van der Waals surface area contributed by atoms with Crippen molar-refractivity contribution in [1.82, 2.24) is 9.80 Å². The monoisotopic (exact) mass is 270 g/mol. The quantitative estimate of drug-likeness (QED) is 0.792. The third-order valence-corrected chi connectivity index (χ3v) is 3.39. The lowest BCUT2D eigenvalue weighted by Gasteiger charge is -2.25. The first-order chi connectivity index (χ1) is 8.91. The minimum Gasteiger partial charge on any atom is -0.481 e. The van der Waals surface area contributed by atoms with Crippen molar-refractivity contribution in [3.8, 4) is 0 Å². The molecule has 6 nitrogen and oxygen atoms in total. The van der Waals surface area contributed by atoms with Gasteiger partial charge in [0.05, 0.1) is 12.5 Å². The summed E-state index contributed by atoms with van der Waals surface area (Å²) in [6, 6.07) is 0. The summed E-state index contributed by atoms with van der Waals surface area (Å²) in [4.78, 5) is 37.4. The van der Waals surface area contributed by atoms with Gasteiger partial charge in [-0.2, -0.15) is 0 Å². The number of amides is 2. The molecule has 1 aliphatic heterocycles. The fraction of sp³-hybridized carbons (Fsp3) is 0.769. The molecule has 1 heterocycles. The van der Waals surface area contributed by atoms with Crippen molar-refractivity contribution < 1.29 is 19.5 Å². The Kier molecular flexibility index (Phi) is 5.79. The number of likely N-dealkylation sites (N-methyl/N-ethyl adjacent to an activating group) is 1. The van der Waals surface area contributed by atoms with Crippen LogP contribution in [0.5, 0.6) is 0 Å². The number of carbonyl (C=O) groups excluding carboxylic acids is 2. The fourth-order valence-electron chi connectivity index (χ4n) is 2.08. The van der Waals surface area contributed by atoms with Gasteiger partial charge in [0, 0.05) is 26.6 Å². The van der Waals surface area contributed by atoms with Crippen LogP contribution < -0.4 is 0 Å². The summed E-state index contributed by atoms with van der Waals surface area (Å²) in [6.45, 7) is 2.40. The van der Waals surface area contributed by atoms with Crippen LogP contribution in [0.1, 0.15) is 32.6 Å². The zero-order valence-corrected chi connectivity index (χ0v) is 11.6. The van der Waals surface area contributed by atoms with E-state index in [0.29, 0.717) is 13.0 Å². The average molecular weight is 270 g/mol. The molecule has 0 spiro atoms. The Balaban J connectivity index is 2.48. The molecule has 6 heteroatoms. The number of hydrogen-bond donors (Lipinski definition) is 1.